The molecule has 82 valence electrons. The Morgan fingerprint density at radius 2 is 1.86 bits per heavy atom. The molecule has 1 aliphatic heterocycles. The molecule has 2 fully saturated rings. The third-order valence-corrected chi connectivity index (χ3v) is 5.11. The first kappa shape index (κ1) is 10.4. The molecule has 1 aliphatic carbocycles. The molecule has 2 rings (SSSR count). The van der Waals surface area contributed by atoms with Crippen molar-refractivity contribution < 1.29 is 13.5 Å². The molecule has 0 spiro atoms. The van der Waals surface area contributed by atoms with Crippen LogP contribution in [-0.2, 0) is 10.0 Å². The van der Waals surface area contributed by atoms with Crippen LogP contribution in [0, 0.1) is 0 Å². The van der Waals surface area contributed by atoms with Crippen molar-refractivity contribution in [1.82, 2.24) is 4.31 Å². The van der Waals surface area contributed by atoms with Gasteiger partial charge in [-0.15, -0.1) is 0 Å². The maximum Gasteiger partial charge on any atom is 0.214 e. The van der Waals surface area contributed by atoms with Crippen LogP contribution in [0.15, 0.2) is 0 Å². The van der Waals surface area contributed by atoms with E-state index in [1.165, 1.54) is 4.31 Å². The second-order valence-corrected chi connectivity index (χ2v) is 6.52. The predicted octanol–water partition coefficient (Wildman–Crippen LogP) is 0.327. The van der Waals surface area contributed by atoms with E-state index in [2.05, 4.69) is 0 Å². The smallest absolute Gasteiger partial charge is 0.214 e. The fourth-order valence-electron chi connectivity index (χ4n) is 2.39. The van der Waals surface area contributed by atoms with E-state index >= 15 is 0 Å². The predicted molar refractivity (Wildman–Crippen MR) is 53.4 cm³/mol. The van der Waals surface area contributed by atoms with Gasteiger partial charge in [0.15, 0.2) is 0 Å². The summed E-state index contributed by atoms with van der Waals surface area (Å²) in [5.41, 5.74) is -0.739. The molecule has 0 unspecified atom stereocenters. The van der Waals surface area contributed by atoms with E-state index in [0.717, 1.165) is 25.7 Å². The Balaban J connectivity index is 2.03. The van der Waals surface area contributed by atoms with Crippen LogP contribution in [0.2, 0.25) is 0 Å². The molecule has 1 saturated heterocycles. The molecule has 1 saturated carbocycles. The lowest BCUT2D eigenvalue weighted by Crippen LogP contribution is -2.41. The summed E-state index contributed by atoms with van der Waals surface area (Å²) < 4.78 is 24.5. The summed E-state index contributed by atoms with van der Waals surface area (Å²) in [6.07, 6.45) is 4.24. The molecule has 0 radical (unpaired) electrons. The fraction of sp³-hybridized carbons (Fsp3) is 1.00. The normalized spacial score (nSPS) is 30.9. The number of hydrogen-bond acceptors (Lipinski definition) is 3. The van der Waals surface area contributed by atoms with Crippen molar-refractivity contribution in [3.8, 4) is 0 Å². The van der Waals surface area contributed by atoms with E-state index in [4.69, 9.17) is 0 Å². The summed E-state index contributed by atoms with van der Waals surface area (Å²) >= 11 is 0. The van der Waals surface area contributed by atoms with Gasteiger partial charge in [0.1, 0.15) is 0 Å². The van der Waals surface area contributed by atoms with Crippen LogP contribution < -0.4 is 0 Å². The molecule has 0 aromatic rings. The van der Waals surface area contributed by atoms with Gasteiger partial charge in [-0.2, -0.15) is 4.31 Å². The quantitative estimate of drug-likeness (QED) is 0.728. The first-order valence-corrected chi connectivity index (χ1v) is 6.83. The average Bonchev–Trinajstić information content (AvgIpc) is 2.61. The van der Waals surface area contributed by atoms with Crippen molar-refractivity contribution in [2.24, 2.45) is 0 Å². The highest BCUT2D eigenvalue weighted by atomic mass is 32.2. The van der Waals surface area contributed by atoms with E-state index in [9.17, 15) is 13.5 Å². The molecule has 0 aromatic heterocycles. The largest absolute Gasteiger partial charge is 0.389 e. The standard InChI is InChI=1S/C9H17NO3S/c11-9(4-1-2-5-9)8-10-6-3-7-14(10,12)13/h11H,1-8H2. The Morgan fingerprint density at radius 3 is 2.36 bits per heavy atom. The molecule has 0 atom stereocenters. The number of rotatable bonds is 2. The Labute approximate surface area is 85.0 Å². The molecule has 2 aliphatic rings. The number of sulfonamides is 1. The molecular weight excluding hydrogens is 202 g/mol. The summed E-state index contributed by atoms with van der Waals surface area (Å²) in [7, 11) is -3.04. The van der Waals surface area contributed by atoms with Gasteiger partial charge in [-0.1, -0.05) is 12.8 Å². The van der Waals surface area contributed by atoms with Crippen molar-refractivity contribution in [3.05, 3.63) is 0 Å². The van der Waals surface area contributed by atoms with E-state index in [1.54, 1.807) is 0 Å². The molecular formula is C9H17NO3S. The van der Waals surface area contributed by atoms with Gasteiger partial charge < -0.3 is 5.11 Å². The van der Waals surface area contributed by atoms with E-state index in [0.29, 0.717) is 19.5 Å². The van der Waals surface area contributed by atoms with E-state index in [-0.39, 0.29) is 5.75 Å². The third kappa shape index (κ3) is 1.94. The maximum absolute atomic E-state index is 11.5. The molecule has 4 nitrogen and oxygen atoms in total. The number of nitrogens with zero attached hydrogens (tertiary/aromatic N) is 1. The molecule has 0 bridgehead atoms. The zero-order valence-corrected chi connectivity index (χ0v) is 9.09. The number of hydrogen-bond donors (Lipinski definition) is 1. The molecule has 0 aromatic carbocycles. The van der Waals surface area contributed by atoms with Crippen LogP contribution in [0.25, 0.3) is 0 Å². The zero-order chi connectivity index (χ0) is 10.2. The van der Waals surface area contributed by atoms with Crippen molar-refractivity contribution in [1.29, 1.82) is 0 Å². The minimum absolute atomic E-state index is 0.253. The fourth-order valence-corrected chi connectivity index (χ4v) is 3.98. The van der Waals surface area contributed by atoms with Gasteiger partial charge in [0, 0.05) is 13.1 Å². The van der Waals surface area contributed by atoms with Crippen molar-refractivity contribution in [2.75, 3.05) is 18.8 Å². The second kappa shape index (κ2) is 3.47. The van der Waals surface area contributed by atoms with Crippen LogP contribution >= 0.6 is 0 Å². The summed E-state index contributed by atoms with van der Waals surface area (Å²) in [4.78, 5) is 0. The van der Waals surface area contributed by atoms with Crippen molar-refractivity contribution in [2.45, 2.75) is 37.7 Å². The van der Waals surface area contributed by atoms with Gasteiger partial charge >= 0.3 is 0 Å². The van der Waals surface area contributed by atoms with Crippen molar-refractivity contribution >= 4 is 10.0 Å². The Hall–Kier alpha value is -0.130. The van der Waals surface area contributed by atoms with Crippen LogP contribution in [0.5, 0.6) is 0 Å². The average molecular weight is 219 g/mol. The first-order valence-electron chi connectivity index (χ1n) is 5.22. The van der Waals surface area contributed by atoms with Gasteiger partial charge in [0.05, 0.1) is 11.4 Å². The van der Waals surface area contributed by atoms with E-state index < -0.39 is 15.6 Å². The molecule has 14 heavy (non-hydrogen) atoms. The topological polar surface area (TPSA) is 57.6 Å². The summed E-state index contributed by atoms with van der Waals surface area (Å²) in [6.45, 7) is 0.903. The highest BCUT2D eigenvalue weighted by Gasteiger charge is 2.38. The summed E-state index contributed by atoms with van der Waals surface area (Å²) in [5, 5.41) is 10.1. The summed E-state index contributed by atoms with van der Waals surface area (Å²) in [6, 6.07) is 0. The lowest BCUT2D eigenvalue weighted by molar-refractivity contribution is 0.0308. The Kier molecular flexibility index (Phi) is 2.57. The van der Waals surface area contributed by atoms with Crippen LogP contribution in [0.3, 0.4) is 0 Å². The highest BCUT2D eigenvalue weighted by molar-refractivity contribution is 7.89. The monoisotopic (exact) mass is 219 g/mol. The van der Waals surface area contributed by atoms with Gasteiger partial charge in [0.2, 0.25) is 10.0 Å². The van der Waals surface area contributed by atoms with Crippen LogP contribution in [0.1, 0.15) is 32.1 Å². The second-order valence-electron chi connectivity index (χ2n) is 4.43. The summed E-state index contributed by atoms with van der Waals surface area (Å²) in [5.74, 6) is 0.253. The van der Waals surface area contributed by atoms with Gasteiger partial charge in [-0.25, -0.2) is 8.42 Å². The van der Waals surface area contributed by atoms with Crippen LogP contribution in [0.4, 0.5) is 0 Å². The number of β-amino-alcohol motifs (C(OH)–C–C–N with tert-alkyl or cyclic N) is 1. The molecule has 0 amide bonds. The maximum atomic E-state index is 11.5. The SMILES string of the molecule is O=S1(=O)CCCN1CC1(O)CCCC1. The zero-order valence-electron chi connectivity index (χ0n) is 8.28. The Morgan fingerprint density at radius 1 is 1.21 bits per heavy atom. The number of aliphatic hydroxyl groups is 1. The molecule has 1 N–H and O–H groups in total. The lowest BCUT2D eigenvalue weighted by atomic mass is 10.0. The Bertz CT molecular complexity index is 306. The van der Waals surface area contributed by atoms with Gasteiger partial charge in [-0.3, -0.25) is 0 Å². The van der Waals surface area contributed by atoms with E-state index in [1.807, 2.05) is 0 Å². The minimum Gasteiger partial charge on any atom is -0.389 e. The van der Waals surface area contributed by atoms with Gasteiger partial charge in [0.25, 0.3) is 0 Å². The first-order chi connectivity index (χ1) is 6.52. The third-order valence-electron chi connectivity index (χ3n) is 3.21. The van der Waals surface area contributed by atoms with Crippen LogP contribution in [-0.4, -0.2) is 42.3 Å². The minimum atomic E-state index is -3.04. The molecule has 1 heterocycles. The van der Waals surface area contributed by atoms with Gasteiger partial charge in [-0.05, 0) is 19.3 Å². The molecule has 5 heteroatoms. The van der Waals surface area contributed by atoms with Crippen molar-refractivity contribution in [3.63, 3.8) is 0 Å². The lowest BCUT2D eigenvalue weighted by Gasteiger charge is -2.27. The highest BCUT2D eigenvalue weighted by Crippen LogP contribution is 2.31.